The Hall–Kier alpha value is -2.01. The Balaban J connectivity index is 3.08. The molecule has 0 aliphatic heterocycles. The maximum Gasteiger partial charge on any atom is 0.328 e. The highest BCUT2D eigenvalue weighted by Gasteiger charge is 2.13. The summed E-state index contributed by atoms with van der Waals surface area (Å²) in [7, 11) is 0. The normalized spacial score (nSPS) is 10.6. The average Bonchev–Trinajstić information content (AvgIpc) is 2.43. The molecule has 1 aromatic carbocycles. The number of aliphatic carboxylic acids is 1. The fraction of sp³-hybridized carbons (Fsp3) is 0.333. The Kier molecular flexibility index (Phi) is 6.75. The van der Waals surface area contributed by atoms with Crippen molar-refractivity contribution in [1.29, 1.82) is 0 Å². The monoisotopic (exact) mass is 310 g/mol. The van der Waals surface area contributed by atoms with Crippen molar-refractivity contribution < 1.29 is 14.7 Å². The molecule has 0 atom stereocenters. The first-order chi connectivity index (χ1) is 9.97. The molecule has 1 rings (SSSR count). The first-order valence-electron chi connectivity index (χ1n) is 6.70. The molecule has 2 N–H and O–H groups in total. The average molecular weight is 311 g/mol. The summed E-state index contributed by atoms with van der Waals surface area (Å²) in [6, 6.07) is 5.15. The predicted octanol–water partition coefficient (Wildman–Crippen LogP) is 2.40. The van der Waals surface area contributed by atoms with Gasteiger partial charge in [0.05, 0.1) is 6.54 Å². The molecule has 21 heavy (non-hydrogen) atoms. The molecule has 5 nitrogen and oxygen atoms in total. The van der Waals surface area contributed by atoms with Gasteiger partial charge in [0, 0.05) is 29.9 Å². The van der Waals surface area contributed by atoms with Crippen LogP contribution in [0.15, 0.2) is 24.3 Å². The zero-order valence-corrected chi connectivity index (χ0v) is 12.9. The molecular weight excluding hydrogens is 292 g/mol. The molecule has 114 valence electrons. The molecule has 0 aliphatic rings. The van der Waals surface area contributed by atoms with Crippen molar-refractivity contribution in [2.24, 2.45) is 0 Å². The third kappa shape index (κ3) is 5.47. The number of anilines is 1. The summed E-state index contributed by atoms with van der Waals surface area (Å²) in [6.45, 7) is 5.14. The SMILES string of the molecule is CCNC(=O)CN(CC)c1cc(Cl)ccc1/C=C/C(=O)O. The minimum Gasteiger partial charge on any atom is -0.478 e. The number of nitrogens with zero attached hydrogens (tertiary/aromatic N) is 1. The molecule has 1 aromatic rings. The second kappa shape index (κ2) is 8.32. The van der Waals surface area contributed by atoms with Crippen molar-refractivity contribution in [3.63, 3.8) is 0 Å². The zero-order valence-electron chi connectivity index (χ0n) is 12.1. The van der Waals surface area contributed by atoms with Crippen molar-refractivity contribution >= 4 is 35.2 Å². The van der Waals surface area contributed by atoms with Crippen molar-refractivity contribution in [3.05, 3.63) is 34.9 Å². The molecule has 0 heterocycles. The molecule has 0 aliphatic carbocycles. The quantitative estimate of drug-likeness (QED) is 0.759. The van der Waals surface area contributed by atoms with Crippen LogP contribution < -0.4 is 10.2 Å². The number of likely N-dealkylation sites (N-methyl/N-ethyl adjacent to an activating group) is 2. The van der Waals surface area contributed by atoms with Gasteiger partial charge >= 0.3 is 5.97 Å². The van der Waals surface area contributed by atoms with Gasteiger partial charge in [0.25, 0.3) is 0 Å². The van der Waals surface area contributed by atoms with Gasteiger partial charge in [-0.3, -0.25) is 4.79 Å². The lowest BCUT2D eigenvalue weighted by Gasteiger charge is -2.24. The second-order valence-electron chi connectivity index (χ2n) is 4.34. The van der Waals surface area contributed by atoms with E-state index in [1.807, 2.05) is 18.7 Å². The van der Waals surface area contributed by atoms with Gasteiger partial charge in [0.2, 0.25) is 5.91 Å². The van der Waals surface area contributed by atoms with Crippen LogP contribution in [0.3, 0.4) is 0 Å². The molecule has 6 heteroatoms. The molecule has 0 saturated heterocycles. The van der Waals surface area contributed by atoms with Crippen molar-refractivity contribution in [1.82, 2.24) is 5.32 Å². The Morgan fingerprint density at radius 3 is 2.67 bits per heavy atom. The summed E-state index contributed by atoms with van der Waals surface area (Å²) in [4.78, 5) is 24.3. The highest BCUT2D eigenvalue weighted by Crippen LogP contribution is 2.26. The Bertz CT molecular complexity index is 544. The molecule has 0 bridgehead atoms. The fourth-order valence-corrected chi connectivity index (χ4v) is 2.05. The lowest BCUT2D eigenvalue weighted by atomic mass is 10.1. The maximum absolute atomic E-state index is 11.8. The molecule has 0 radical (unpaired) electrons. The third-order valence-corrected chi connectivity index (χ3v) is 3.06. The van der Waals surface area contributed by atoms with Gasteiger partial charge in [-0.1, -0.05) is 17.7 Å². The van der Waals surface area contributed by atoms with Gasteiger partial charge in [-0.2, -0.15) is 0 Å². The van der Waals surface area contributed by atoms with E-state index >= 15 is 0 Å². The number of benzene rings is 1. The summed E-state index contributed by atoms with van der Waals surface area (Å²) in [5.41, 5.74) is 1.43. The summed E-state index contributed by atoms with van der Waals surface area (Å²) in [5.74, 6) is -1.12. The van der Waals surface area contributed by atoms with Crippen LogP contribution >= 0.6 is 11.6 Å². The molecule has 0 aromatic heterocycles. The van der Waals surface area contributed by atoms with E-state index in [9.17, 15) is 9.59 Å². The zero-order chi connectivity index (χ0) is 15.8. The van der Waals surface area contributed by atoms with E-state index < -0.39 is 5.97 Å². The maximum atomic E-state index is 11.8. The van der Waals surface area contributed by atoms with E-state index in [2.05, 4.69) is 5.32 Å². The summed E-state index contributed by atoms with van der Waals surface area (Å²) in [6.07, 6.45) is 2.56. The van der Waals surface area contributed by atoms with E-state index in [0.29, 0.717) is 23.7 Å². The fourth-order valence-electron chi connectivity index (χ4n) is 1.89. The van der Waals surface area contributed by atoms with E-state index in [4.69, 9.17) is 16.7 Å². The first kappa shape index (κ1) is 17.0. The van der Waals surface area contributed by atoms with Gasteiger partial charge in [-0.25, -0.2) is 4.79 Å². The van der Waals surface area contributed by atoms with Gasteiger partial charge in [-0.05, 0) is 37.6 Å². The molecule has 0 saturated carbocycles. The van der Waals surface area contributed by atoms with Crippen LogP contribution in [0.2, 0.25) is 5.02 Å². The number of hydrogen-bond acceptors (Lipinski definition) is 3. The number of halogens is 1. The minimum absolute atomic E-state index is 0.0903. The van der Waals surface area contributed by atoms with E-state index in [1.54, 1.807) is 18.2 Å². The highest BCUT2D eigenvalue weighted by molar-refractivity contribution is 6.31. The van der Waals surface area contributed by atoms with Crippen LogP contribution in [0.5, 0.6) is 0 Å². The van der Waals surface area contributed by atoms with Gasteiger partial charge < -0.3 is 15.3 Å². The van der Waals surface area contributed by atoms with Gasteiger partial charge in [-0.15, -0.1) is 0 Å². The number of carbonyl (C=O) groups is 2. The number of hydrogen-bond donors (Lipinski definition) is 2. The lowest BCUT2D eigenvalue weighted by molar-refractivity contribution is -0.131. The molecular formula is C15H19ClN2O3. The number of carbonyl (C=O) groups excluding carboxylic acids is 1. The largest absolute Gasteiger partial charge is 0.478 e. The Labute approximate surface area is 129 Å². The summed E-state index contributed by atoms with van der Waals surface area (Å²) >= 11 is 6.01. The molecule has 1 amide bonds. The van der Waals surface area contributed by atoms with Crippen molar-refractivity contribution in [3.8, 4) is 0 Å². The number of nitrogens with one attached hydrogen (secondary N) is 1. The van der Waals surface area contributed by atoms with Gasteiger partial charge in [0.1, 0.15) is 0 Å². The van der Waals surface area contributed by atoms with Crippen LogP contribution in [0.1, 0.15) is 19.4 Å². The smallest absolute Gasteiger partial charge is 0.328 e. The summed E-state index contributed by atoms with van der Waals surface area (Å²) < 4.78 is 0. The topological polar surface area (TPSA) is 69.6 Å². The third-order valence-electron chi connectivity index (χ3n) is 2.83. The van der Waals surface area contributed by atoms with Crippen molar-refractivity contribution in [2.75, 3.05) is 24.5 Å². The predicted molar refractivity (Wildman–Crippen MR) is 84.7 cm³/mol. The van der Waals surface area contributed by atoms with E-state index in [1.165, 1.54) is 6.08 Å². The van der Waals surface area contributed by atoms with Crippen molar-refractivity contribution in [2.45, 2.75) is 13.8 Å². The number of carboxylic acids is 1. The number of rotatable bonds is 7. The van der Waals surface area contributed by atoms with Crippen LogP contribution in [-0.2, 0) is 9.59 Å². The van der Waals surface area contributed by atoms with Gasteiger partial charge in [0.15, 0.2) is 0 Å². The number of carboxylic acid groups (broad SMARTS) is 1. The van der Waals surface area contributed by atoms with Crippen LogP contribution in [0.4, 0.5) is 5.69 Å². The highest BCUT2D eigenvalue weighted by atomic mass is 35.5. The molecule has 0 spiro atoms. The lowest BCUT2D eigenvalue weighted by Crippen LogP contribution is -2.37. The molecule has 0 unspecified atom stereocenters. The van der Waals surface area contributed by atoms with E-state index in [0.717, 1.165) is 11.8 Å². The molecule has 0 fully saturated rings. The summed E-state index contributed by atoms with van der Waals surface area (Å²) in [5, 5.41) is 12.0. The number of amides is 1. The Morgan fingerprint density at radius 2 is 2.10 bits per heavy atom. The van der Waals surface area contributed by atoms with Crippen LogP contribution in [0, 0.1) is 0 Å². The van der Waals surface area contributed by atoms with Crippen LogP contribution in [0.25, 0.3) is 6.08 Å². The second-order valence-corrected chi connectivity index (χ2v) is 4.78. The van der Waals surface area contributed by atoms with Crippen LogP contribution in [-0.4, -0.2) is 36.6 Å². The van der Waals surface area contributed by atoms with E-state index in [-0.39, 0.29) is 12.5 Å². The standard InChI is InChI=1S/C15H19ClN2O3/c1-3-17-14(19)10-18(4-2)13-9-12(16)7-5-11(13)6-8-15(20)21/h5-9H,3-4,10H2,1-2H3,(H,17,19)(H,20,21)/b8-6+. The minimum atomic E-state index is -1.03. The first-order valence-corrected chi connectivity index (χ1v) is 7.07. The Morgan fingerprint density at radius 1 is 1.38 bits per heavy atom.